The second kappa shape index (κ2) is 27.3. The molecule has 12 heteroatoms. The molecule has 0 aliphatic rings. The number of aliphatic hydroxyl groups excluding tert-OH is 6. The first kappa shape index (κ1) is 30.8. The number of nitrogens with zero attached hydrogens (tertiary/aromatic N) is 2. The zero-order valence-electron chi connectivity index (χ0n) is 15.8. The van der Waals surface area contributed by atoms with Gasteiger partial charge in [-0.25, -0.2) is 0 Å². The molecular weight excluding hydrogens is 388 g/mol. The molecule has 0 rings (SSSR count). The van der Waals surface area contributed by atoms with Crippen molar-refractivity contribution in [3.63, 3.8) is 0 Å². The number of rotatable bonds is 14. The Balaban J connectivity index is -0.000000316. The fourth-order valence-corrected chi connectivity index (χ4v) is 1.86. The molecule has 0 aliphatic heterocycles. The molecule has 6 N–H and O–H groups in total. The third-order valence-electron chi connectivity index (χ3n) is 2.83. The van der Waals surface area contributed by atoms with E-state index < -0.39 is 18.6 Å². The Hall–Kier alpha value is 0.114. The van der Waals surface area contributed by atoms with E-state index in [-0.39, 0.29) is 39.6 Å². The predicted octanol–water partition coefficient (Wildman–Crippen LogP) is -3.40. The van der Waals surface area contributed by atoms with Gasteiger partial charge in [0.05, 0.1) is 39.6 Å². The molecule has 160 valence electrons. The van der Waals surface area contributed by atoms with Crippen LogP contribution in [0.3, 0.4) is 0 Å². The Bertz CT molecular complexity index is 226. The van der Waals surface area contributed by atoms with Crippen molar-refractivity contribution in [1.82, 2.24) is 9.80 Å². The molecule has 0 amide bonds. The van der Waals surface area contributed by atoms with Gasteiger partial charge in [0.25, 0.3) is 0 Å². The Morgan fingerprint density at radius 2 is 0.769 bits per heavy atom. The molecule has 0 bridgehead atoms. The molecular formula is C14H36N2O9Ti. The van der Waals surface area contributed by atoms with Crippen LogP contribution in [0.2, 0.25) is 0 Å². The summed E-state index contributed by atoms with van der Waals surface area (Å²) in [6, 6.07) is 0. The van der Waals surface area contributed by atoms with Gasteiger partial charge in [-0.2, -0.15) is 0 Å². The summed E-state index contributed by atoms with van der Waals surface area (Å²) in [6.07, 6.45) is 0. The second-order valence-electron chi connectivity index (χ2n) is 4.68. The Labute approximate surface area is 162 Å². The first-order chi connectivity index (χ1) is 12.5. The fraction of sp³-hybridized carbons (Fsp3) is 1.00. The zero-order chi connectivity index (χ0) is 20.6. The minimum Gasteiger partial charge on any atom is -0.395 e. The van der Waals surface area contributed by atoms with E-state index in [0.29, 0.717) is 39.3 Å². The van der Waals surface area contributed by atoms with Gasteiger partial charge in [0.15, 0.2) is 0 Å². The number of hydrogen-bond donors (Lipinski definition) is 6. The molecule has 0 unspecified atom stereocenters. The molecule has 0 saturated heterocycles. The van der Waals surface area contributed by atoms with Crippen molar-refractivity contribution in [2.75, 3.05) is 93.1 Å². The van der Waals surface area contributed by atoms with Crippen molar-refractivity contribution in [2.24, 2.45) is 0 Å². The maximum atomic E-state index is 9.99. The molecule has 0 radical (unpaired) electrons. The zero-order valence-corrected chi connectivity index (χ0v) is 17.3. The summed E-state index contributed by atoms with van der Waals surface area (Å²) in [5.41, 5.74) is 0. The van der Waals surface area contributed by atoms with Crippen molar-refractivity contribution in [2.45, 2.75) is 0 Å². The van der Waals surface area contributed by atoms with Crippen LogP contribution < -0.4 is 0 Å². The van der Waals surface area contributed by atoms with Gasteiger partial charge in [-0.15, -0.1) is 0 Å². The van der Waals surface area contributed by atoms with Gasteiger partial charge in [-0.1, -0.05) is 0 Å². The molecule has 0 heterocycles. The van der Waals surface area contributed by atoms with E-state index in [1.165, 1.54) is 14.2 Å². The minimum atomic E-state index is -2.63. The van der Waals surface area contributed by atoms with Gasteiger partial charge in [0.2, 0.25) is 0 Å². The summed E-state index contributed by atoms with van der Waals surface area (Å²) in [4.78, 5) is 3.58. The van der Waals surface area contributed by atoms with Gasteiger partial charge in [-0.3, -0.25) is 9.80 Å². The van der Waals surface area contributed by atoms with Crippen LogP contribution in [0.15, 0.2) is 0 Å². The predicted molar refractivity (Wildman–Crippen MR) is 90.1 cm³/mol. The minimum absolute atomic E-state index is 0.0694. The van der Waals surface area contributed by atoms with E-state index in [1.807, 2.05) is 0 Å². The van der Waals surface area contributed by atoms with Crippen molar-refractivity contribution in [1.29, 1.82) is 0 Å². The molecule has 0 aliphatic carbocycles. The Morgan fingerprint density at radius 1 is 0.577 bits per heavy atom. The SMILES string of the molecule is C[O][Ti](=[O])[O]C.OCCN(CCO)CCO.OCCN(CCO)CCO. The van der Waals surface area contributed by atoms with E-state index in [1.54, 1.807) is 9.80 Å². The van der Waals surface area contributed by atoms with Crippen molar-refractivity contribution >= 4 is 0 Å². The van der Waals surface area contributed by atoms with E-state index >= 15 is 0 Å². The molecule has 26 heavy (non-hydrogen) atoms. The second-order valence-corrected chi connectivity index (χ2v) is 6.74. The topological polar surface area (TPSA) is 163 Å². The smallest absolute Gasteiger partial charge is 0.0558 e. The largest absolute Gasteiger partial charge is 0.395 e. The van der Waals surface area contributed by atoms with Crippen LogP contribution in [0, 0.1) is 0 Å². The average Bonchev–Trinajstić information content (AvgIpc) is 2.63. The van der Waals surface area contributed by atoms with Crippen molar-refractivity contribution < 1.29 is 59.2 Å². The quantitative estimate of drug-likeness (QED) is 0.154. The molecule has 0 aromatic heterocycles. The van der Waals surface area contributed by atoms with E-state index in [9.17, 15) is 3.32 Å². The number of aliphatic hydroxyl groups is 6. The standard InChI is InChI=1S/2C6H15NO3.2CH3O.O.Ti/c2*8-4-1-7(2-5-9)3-6-10;2*1-2;;/h2*8-10H,1-6H2;2*1H3;;/q;;2*-1;;+2. The normalized spacial score (nSPS) is 10.2. The summed E-state index contributed by atoms with van der Waals surface area (Å²) in [7, 11) is 2.73. The van der Waals surface area contributed by atoms with Crippen LogP contribution in [0.25, 0.3) is 0 Å². The maximum Gasteiger partial charge on any atom is 0.0558 e. The Morgan fingerprint density at radius 3 is 0.846 bits per heavy atom. The van der Waals surface area contributed by atoms with E-state index in [4.69, 9.17) is 30.6 Å². The molecule has 0 aromatic rings. The van der Waals surface area contributed by atoms with Crippen LogP contribution >= 0.6 is 0 Å². The van der Waals surface area contributed by atoms with Crippen LogP contribution in [0.5, 0.6) is 0 Å². The summed E-state index contributed by atoms with van der Waals surface area (Å²) in [5, 5.41) is 50.9. The van der Waals surface area contributed by atoms with Crippen molar-refractivity contribution in [3.05, 3.63) is 0 Å². The fourth-order valence-electron chi connectivity index (χ4n) is 1.60. The average molecular weight is 424 g/mol. The number of hydrogen-bond acceptors (Lipinski definition) is 11. The third-order valence-corrected chi connectivity index (χ3v) is 3.87. The van der Waals surface area contributed by atoms with Gasteiger partial charge in [0, 0.05) is 39.3 Å². The van der Waals surface area contributed by atoms with Gasteiger partial charge < -0.3 is 30.6 Å². The maximum absolute atomic E-state index is 9.99. The van der Waals surface area contributed by atoms with Gasteiger partial charge in [-0.05, 0) is 0 Å². The van der Waals surface area contributed by atoms with Crippen LogP contribution in [0.1, 0.15) is 0 Å². The Kier molecular flexibility index (Phi) is 32.4. The first-order valence-corrected chi connectivity index (χ1v) is 10.1. The molecule has 0 atom stereocenters. The third kappa shape index (κ3) is 26.3. The van der Waals surface area contributed by atoms with E-state index in [0.717, 1.165) is 0 Å². The van der Waals surface area contributed by atoms with Crippen LogP contribution in [-0.2, 0) is 28.6 Å². The molecule has 11 nitrogen and oxygen atoms in total. The molecule has 0 spiro atoms. The van der Waals surface area contributed by atoms with Crippen LogP contribution in [0.4, 0.5) is 0 Å². The summed E-state index contributed by atoms with van der Waals surface area (Å²) in [5.74, 6) is 0. The molecule has 0 aromatic carbocycles. The summed E-state index contributed by atoms with van der Waals surface area (Å²) >= 11 is -2.63. The monoisotopic (exact) mass is 424 g/mol. The summed E-state index contributed by atoms with van der Waals surface area (Å²) < 4.78 is 18.6. The van der Waals surface area contributed by atoms with Crippen LogP contribution in [-0.4, -0.2) is 134 Å². The molecule has 0 saturated carbocycles. The molecule has 0 fully saturated rings. The van der Waals surface area contributed by atoms with Gasteiger partial charge >= 0.3 is 42.8 Å². The van der Waals surface area contributed by atoms with Gasteiger partial charge in [0.1, 0.15) is 0 Å². The van der Waals surface area contributed by atoms with Crippen molar-refractivity contribution in [3.8, 4) is 0 Å². The first-order valence-electron chi connectivity index (χ1n) is 8.22. The summed E-state index contributed by atoms with van der Waals surface area (Å²) in [6.45, 7) is 3.51. The van der Waals surface area contributed by atoms with E-state index in [2.05, 4.69) is 6.64 Å².